The number of ether oxygens (including phenoxy) is 1. The Morgan fingerprint density at radius 2 is 2.12 bits per heavy atom. The van der Waals surface area contributed by atoms with Crippen molar-refractivity contribution in [3.8, 4) is 5.75 Å². The SMILES string of the molecule is O=C(Nc1ccc2nc(C3CCC3)[nH]c2c1)C1Cc2cc(Cl)ccc2O1. The number of aromatic nitrogens is 2. The first kappa shape index (κ1) is 15.7. The van der Waals surface area contributed by atoms with Crippen molar-refractivity contribution in [1.82, 2.24) is 9.97 Å². The summed E-state index contributed by atoms with van der Waals surface area (Å²) >= 11 is 6.01. The van der Waals surface area contributed by atoms with Crippen molar-refractivity contribution in [2.45, 2.75) is 37.7 Å². The van der Waals surface area contributed by atoms with Crippen molar-refractivity contribution in [2.24, 2.45) is 0 Å². The van der Waals surface area contributed by atoms with E-state index in [1.165, 1.54) is 19.3 Å². The van der Waals surface area contributed by atoms with Crippen molar-refractivity contribution in [3.63, 3.8) is 0 Å². The molecule has 132 valence electrons. The molecule has 3 aromatic rings. The number of anilines is 1. The van der Waals surface area contributed by atoms with E-state index >= 15 is 0 Å². The Bertz CT molecular complexity index is 1010. The molecule has 0 saturated heterocycles. The molecule has 1 saturated carbocycles. The zero-order valence-corrected chi connectivity index (χ0v) is 14.8. The van der Waals surface area contributed by atoms with Gasteiger partial charge in [-0.05, 0) is 54.8 Å². The number of imidazole rings is 1. The lowest BCUT2D eigenvalue weighted by atomic mass is 9.85. The first-order chi connectivity index (χ1) is 12.7. The van der Waals surface area contributed by atoms with Crippen LogP contribution in [0.1, 0.15) is 36.6 Å². The normalized spacial score (nSPS) is 19.0. The van der Waals surface area contributed by atoms with Gasteiger partial charge in [-0.3, -0.25) is 4.79 Å². The highest BCUT2D eigenvalue weighted by Crippen LogP contribution is 2.36. The van der Waals surface area contributed by atoms with E-state index in [0.29, 0.717) is 17.4 Å². The first-order valence-corrected chi connectivity index (χ1v) is 9.29. The van der Waals surface area contributed by atoms with Crippen LogP contribution >= 0.6 is 11.6 Å². The molecule has 1 aromatic heterocycles. The first-order valence-electron chi connectivity index (χ1n) is 8.91. The molecular formula is C20H18ClN3O2. The second-order valence-electron chi connectivity index (χ2n) is 7.03. The van der Waals surface area contributed by atoms with Gasteiger partial charge in [0.2, 0.25) is 0 Å². The third-order valence-corrected chi connectivity index (χ3v) is 5.48. The number of halogens is 1. The minimum Gasteiger partial charge on any atom is -0.480 e. The summed E-state index contributed by atoms with van der Waals surface area (Å²) in [6.07, 6.45) is 3.67. The lowest BCUT2D eigenvalue weighted by molar-refractivity contribution is -0.122. The van der Waals surface area contributed by atoms with Crippen LogP contribution in [-0.2, 0) is 11.2 Å². The van der Waals surface area contributed by atoms with E-state index in [2.05, 4.69) is 15.3 Å². The molecule has 1 aliphatic heterocycles. The van der Waals surface area contributed by atoms with Crippen LogP contribution in [0, 0.1) is 0 Å². The Hall–Kier alpha value is -2.53. The zero-order valence-electron chi connectivity index (χ0n) is 14.1. The number of rotatable bonds is 3. The molecule has 1 atom stereocenters. The van der Waals surface area contributed by atoms with Crippen molar-refractivity contribution in [1.29, 1.82) is 0 Å². The van der Waals surface area contributed by atoms with Crippen LogP contribution in [0.5, 0.6) is 5.75 Å². The maximum absolute atomic E-state index is 12.6. The lowest BCUT2D eigenvalue weighted by Crippen LogP contribution is -2.31. The summed E-state index contributed by atoms with van der Waals surface area (Å²) in [7, 11) is 0. The number of benzene rings is 2. The van der Waals surface area contributed by atoms with Crippen LogP contribution in [0.25, 0.3) is 11.0 Å². The fourth-order valence-corrected chi connectivity index (χ4v) is 3.76. The number of H-pyrrole nitrogens is 1. The third-order valence-electron chi connectivity index (χ3n) is 5.25. The molecule has 2 N–H and O–H groups in total. The number of aromatic amines is 1. The average molecular weight is 368 g/mol. The molecule has 1 unspecified atom stereocenters. The van der Waals surface area contributed by atoms with Crippen LogP contribution in [0.4, 0.5) is 5.69 Å². The average Bonchev–Trinajstić information content (AvgIpc) is 3.16. The summed E-state index contributed by atoms with van der Waals surface area (Å²) in [6, 6.07) is 11.2. The van der Waals surface area contributed by atoms with E-state index in [1.54, 1.807) is 6.07 Å². The van der Waals surface area contributed by atoms with E-state index < -0.39 is 6.10 Å². The highest BCUT2D eigenvalue weighted by atomic mass is 35.5. The van der Waals surface area contributed by atoms with Crippen LogP contribution in [-0.4, -0.2) is 22.0 Å². The van der Waals surface area contributed by atoms with E-state index in [0.717, 1.165) is 33.9 Å². The molecule has 5 nitrogen and oxygen atoms in total. The number of fused-ring (bicyclic) bond motifs is 2. The topological polar surface area (TPSA) is 67.0 Å². The van der Waals surface area contributed by atoms with Gasteiger partial charge in [0.25, 0.3) is 5.91 Å². The number of nitrogens with zero attached hydrogens (tertiary/aromatic N) is 1. The molecule has 0 spiro atoms. The number of carbonyl (C=O) groups is 1. The predicted molar refractivity (Wildman–Crippen MR) is 101 cm³/mol. The second-order valence-corrected chi connectivity index (χ2v) is 7.47. The van der Waals surface area contributed by atoms with Gasteiger partial charge in [0.1, 0.15) is 11.6 Å². The van der Waals surface area contributed by atoms with Gasteiger partial charge in [-0.1, -0.05) is 18.0 Å². The van der Waals surface area contributed by atoms with Crippen molar-refractivity contribution in [2.75, 3.05) is 5.32 Å². The maximum Gasteiger partial charge on any atom is 0.265 e. The fraction of sp³-hybridized carbons (Fsp3) is 0.300. The summed E-state index contributed by atoms with van der Waals surface area (Å²) in [5.41, 5.74) is 3.59. The van der Waals surface area contributed by atoms with Crippen LogP contribution in [0.15, 0.2) is 36.4 Å². The van der Waals surface area contributed by atoms with Crippen LogP contribution < -0.4 is 10.1 Å². The summed E-state index contributed by atoms with van der Waals surface area (Å²) < 4.78 is 5.75. The minimum atomic E-state index is -0.536. The molecule has 2 aliphatic rings. The summed E-state index contributed by atoms with van der Waals surface area (Å²) in [6.45, 7) is 0. The number of nitrogens with one attached hydrogen (secondary N) is 2. The summed E-state index contributed by atoms with van der Waals surface area (Å²) in [4.78, 5) is 20.6. The fourth-order valence-electron chi connectivity index (χ4n) is 3.57. The summed E-state index contributed by atoms with van der Waals surface area (Å²) in [5, 5.41) is 3.60. The molecule has 1 aliphatic carbocycles. The van der Waals surface area contributed by atoms with Gasteiger partial charge >= 0.3 is 0 Å². The van der Waals surface area contributed by atoms with Gasteiger partial charge in [-0.15, -0.1) is 0 Å². The Morgan fingerprint density at radius 3 is 2.92 bits per heavy atom. The van der Waals surface area contributed by atoms with Crippen molar-refractivity contribution >= 4 is 34.2 Å². The van der Waals surface area contributed by atoms with E-state index in [9.17, 15) is 4.79 Å². The number of hydrogen-bond acceptors (Lipinski definition) is 3. The number of carbonyl (C=O) groups excluding carboxylic acids is 1. The molecule has 6 heteroatoms. The standard InChI is InChI=1S/C20H18ClN3O2/c21-13-4-7-17-12(8-13)9-18(26-17)20(25)22-14-5-6-15-16(10-14)24-19(23-15)11-2-1-3-11/h4-8,10-11,18H,1-3,9H2,(H,22,25)(H,23,24). The second kappa shape index (κ2) is 6.02. The van der Waals surface area contributed by atoms with E-state index in [1.807, 2.05) is 30.3 Å². The summed E-state index contributed by atoms with van der Waals surface area (Å²) in [5.74, 6) is 2.18. The molecule has 1 amide bonds. The molecule has 2 heterocycles. The van der Waals surface area contributed by atoms with Crippen molar-refractivity contribution < 1.29 is 9.53 Å². The molecule has 2 aromatic carbocycles. The van der Waals surface area contributed by atoms with Gasteiger partial charge in [0.15, 0.2) is 6.10 Å². The van der Waals surface area contributed by atoms with Gasteiger partial charge in [0, 0.05) is 23.0 Å². The van der Waals surface area contributed by atoms with E-state index in [-0.39, 0.29) is 5.91 Å². The smallest absolute Gasteiger partial charge is 0.265 e. The highest BCUT2D eigenvalue weighted by Gasteiger charge is 2.29. The number of amides is 1. The van der Waals surface area contributed by atoms with Crippen LogP contribution in [0.3, 0.4) is 0 Å². The van der Waals surface area contributed by atoms with Gasteiger partial charge < -0.3 is 15.0 Å². The predicted octanol–water partition coefficient (Wildman–Crippen LogP) is 4.43. The number of hydrogen-bond donors (Lipinski definition) is 2. The molecule has 1 fully saturated rings. The molecule has 0 radical (unpaired) electrons. The van der Waals surface area contributed by atoms with Gasteiger partial charge in [-0.2, -0.15) is 0 Å². The van der Waals surface area contributed by atoms with Crippen LogP contribution in [0.2, 0.25) is 5.02 Å². The molecule has 5 rings (SSSR count). The van der Waals surface area contributed by atoms with Crippen molar-refractivity contribution in [3.05, 3.63) is 52.8 Å². The molecule has 0 bridgehead atoms. The minimum absolute atomic E-state index is 0.157. The Kier molecular flexibility index (Phi) is 3.64. The molecular weight excluding hydrogens is 350 g/mol. The largest absolute Gasteiger partial charge is 0.480 e. The Labute approximate surface area is 155 Å². The Morgan fingerprint density at radius 1 is 1.23 bits per heavy atom. The highest BCUT2D eigenvalue weighted by molar-refractivity contribution is 6.30. The maximum atomic E-state index is 12.6. The zero-order chi connectivity index (χ0) is 17.7. The van der Waals surface area contributed by atoms with E-state index in [4.69, 9.17) is 16.3 Å². The van der Waals surface area contributed by atoms with Gasteiger partial charge in [-0.25, -0.2) is 4.98 Å². The lowest BCUT2D eigenvalue weighted by Gasteiger charge is -2.22. The quantitative estimate of drug-likeness (QED) is 0.719. The Balaban J connectivity index is 1.32. The molecule has 26 heavy (non-hydrogen) atoms. The van der Waals surface area contributed by atoms with Gasteiger partial charge in [0.05, 0.1) is 11.0 Å². The monoisotopic (exact) mass is 367 g/mol. The third kappa shape index (κ3) is 2.72.